The number of alkyl halides is 3. The third kappa shape index (κ3) is 2.38. The van der Waals surface area contributed by atoms with Gasteiger partial charge in [0.05, 0.1) is 12.7 Å². The Morgan fingerprint density at radius 1 is 1.33 bits per heavy atom. The number of methoxy groups -OCH3 is 1. The van der Waals surface area contributed by atoms with Crippen LogP contribution in [0.25, 0.3) is 0 Å². The third-order valence-corrected chi connectivity index (χ3v) is 3.07. The Kier molecular flexibility index (Phi) is 2.93. The lowest BCUT2D eigenvalue weighted by molar-refractivity contribution is -0.138. The minimum Gasteiger partial charge on any atom is -0.504 e. The minimum absolute atomic E-state index is 0.132. The van der Waals surface area contributed by atoms with Gasteiger partial charge in [-0.3, -0.25) is 0 Å². The van der Waals surface area contributed by atoms with Gasteiger partial charge in [0.2, 0.25) is 0 Å². The molecule has 2 N–H and O–H groups in total. The molecule has 0 amide bonds. The van der Waals surface area contributed by atoms with E-state index in [0.29, 0.717) is 12.8 Å². The summed E-state index contributed by atoms with van der Waals surface area (Å²) in [6.07, 6.45) is -3.27. The van der Waals surface area contributed by atoms with E-state index >= 15 is 0 Å². The maximum atomic E-state index is 12.7. The Labute approximate surface area is 102 Å². The molecule has 0 spiro atoms. The summed E-state index contributed by atoms with van der Waals surface area (Å²) in [5, 5.41) is 19.5. The fourth-order valence-electron chi connectivity index (χ4n) is 1.86. The first kappa shape index (κ1) is 13.0. The van der Waals surface area contributed by atoms with Gasteiger partial charge in [-0.25, -0.2) is 0 Å². The molecule has 1 aromatic carbocycles. The highest BCUT2D eigenvalue weighted by Gasteiger charge is 2.42. The number of rotatable bonds is 3. The van der Waals surface area contributed by atoms with Crippen LogP contribution in [0.4, 0.5) is 13.2 Å². The summed E-state index contributed by atoms with van der Waals surface area (Å²) in [6.45, 7) is 0. The fraction of sp³-hybridized carbons (Fsp3) is 0.500. The zero-order chi connectivity index (χ0) is 13.6. The Balaban J connectivity index is 2.41. The molecule has 0 heterocycles. The lowest BCUT2D eigenvalue weighted by atomic mass is 10.0. The van der Waals surface area contributed by atoms with E-state index in [9.17, 15) is 23.4 Å². The summed E-state index contributed by atoms with van der Waals surface area (Å²) in [5.74, 6) is -1.14. The molecular weight excluding hydrogens is 249 g/mol. The minimum atomic E-state index is -4.59. The Hall–Kier alpha value is -1.43. The van der Waals surface area contributed by atoms with Crippen LogP contribution < -0.4 is 4.74 Å². The van der Waals surface area contributed by atoms with Crippen molar-refractivity contribution in [3.05, 3.63) is 23.3 Å². The molecule has 18 heavy (non-hydrogen) atoms. The normalized spacial score (nSPS) is 17.6. The monoisotopic (exact) mass is 262 g/mol. The van der Waals surface area contributed by atoms with Gasteiger partial charge in [0.1, 0.15) is 5.56 Å². The second-order valence-corrected chi connectivity index (χ2v) is 4.55. The van der Waals surface area contributed by atoms with Gasteiger partial charge in [-0.2, -0.15) is 13.2 Å². The van der Waals surface area contributed by atoms with Crippen molar-refractivity contribution >= 4 is 0 Å². The maximum Gasteiger partial charge on any atom is 0.420 e. The number of phenols is 1. The molecule has 1 saturated carbocycles. The summed E-state index contributed by atoms with van der Waals surface area (Å²) in [4.78, 5) is 0. The summed E-state index contributed by atoms with van der Waals surface area (Å²) in [7, 11) is 1.07. The molecule has 0 radical (unpaired) electrons. The fourth-order valence-corrected chi connectivity index (χ4v) is 1.86. The van der Waals surface area contributed by atoms with E-state index in [1.807, 2.05) is 0 Å². The number of benzene rings is 1. The van der Waals surface area contributed by atoms with Gasteiger partial charge in [-0.05, 0) is 18.9 Å². The molecule has 100 valence electrons. The molecule has 1 aromatic rings. The van der Waals surface area contributed by atoms with Crippen molar-refractivity contribution < 1.29 is 28.1 Å². The zero-order valence-electron chi connectivity index (χ0n) is 9.71. The van der Waals surface area contributed by atoms with Gasteiger partial charge in [-0.15, -0.1) is 0 Å². The molecule has 0 atom stereocenters. The van der Waals surface area contributed by atoms with E-state index in [2.05, 4.69) is 4.74 Å². The van der Waals surface area contributed by atoms with Crippen molar-refractivity contribution in [2.45, 2.75) is 31.0 Å². The van der Waals surface area contributed by atoms with Crippen LogP contribution in [0.1, 0.15) is 24.0 Å². The molecule has 1 aliphatic rings. The number of aliphatic hydroxyl groups is 1. The van der Waals surface area contributed by atoms with E-state index in [4.69, 9.17) is 0 Å². The SMILES string of the molecule is COc1c(C(F)(F)F)ccc(CC2(O)CC2)c1O. The van der Waals surface area contributed by atoms with E-state index in [1.165, 1.54) is 6.07 Å². The number of aromatic hydroxyl groups is 1. The third-order valence-electron chi connectivity index (χ3n) is 3.07. The predicted molar refractivity (Wildman–Crippen MR) is 57.5 cm³/mol. The first-order chi connectivity index (χ1) is 8.27. The Morgan fingerprint density at radius 3 is 2.39 bits per heavy atom. The summed E-state index contributed by atoms with van der Waals surface area (Å²) >= 11 is 0. The Bertz CT molecular complexity index is 464. The van der Waals surface area contributed by atoms with Crippen molar-refractivity contribution in [1.82, 2.24) is 0 Å². The summed E-state index contributed by atoms with van der Waals surface area (Å²) in [5.41, 5.74) is -1.64. The summed E-state index contributed by atoms with van der Waals surface area (Å²) < 4.78 is 42.6. The van der Waals surface area contributed by atoms with E-state index in [-0.39, 0.29) is 12.0 Å². The smallest absolute Gasteiger partial charge is 0.420 e. The summed E-state index contributed by atoms with van der Waals surface area (Å²) in [6, 6.07) is 2.04. The molecule has 1 fully saturated rings. The topological polar surface area (TPSA) is 49.7 Å². The second kappa shape index (κ2) is 4.05. The largest absolute Gasteiger partial charge is 0.504 e. The van der Waals surface area contributed by atoms with Crippen molar-refractivity contribution in [2.24, 2.45) is 0 Å². The molecular formula is C12H13F3O3. The molecule has 0 aromatic heterocycles. The van der Waals surface area contributed by atoms with Crippen molar-refractivity contribution in [1.29, 1.82) is 0 Å². The standard InChI is InChI=1S/C12H13F3O3/c1-18-10-8(12(13,14)15)3-2-7(9(10)16)6-11(17)4-5-11/h2-3,16-17H,4-6H2,1H3. The second-order valence-electron chi connectivity index (χ2n) is 4.55. The lowest BCUT2D eigenvalue weighted by Gasteiger charge is -2.16. The first-order valence-corrected chi connectivity index (χ1v) is 5.45. The van der Waals surface area contributed by atoms with Crippen LogP contribution in [0.3, 0.4) is 0 Å². The number of hydrogen-bond donors (Lipinski definition) is 2. The van der Waals surface area contributed by atoms with Gasteiger partial charge in [-0.1, -0.05) is 6.07 Å². The lowest BCUT2D eigenvalue weighted by Crippen LogP contribution is -2.13. The van der Waals surface area contributed by atoms with Gasteiger partial charge in [0.15, 0.2) is 11.5 Å². The maximum absolute atomic E-state index is 12.7. The first-order valence-electron chi connectivity index (χ1n) is 5.45. The average Bonchev–Trinajstić information content (AvgIpc) is 2.97. The van der Waals surface area contributed by atoms with Crippen LogP contribution in [0.2, 0.25) is 0 Å². The van der Waals surface area contributed by atoms with Gasteiger partial charge in [0.25, 0.3) is 0 Å². The van der Waals surface area contributed by atoms with Crippen molar-refractivity contribution in [2.75, 3.05) is 7.11 Å². The highest BCUT2D eigenvalue weighted by atomic mass is 19.4. The highest BCUT2D eigenvalue weighted by Crippen LogP contribution is 2.46. The highest BCUT2D eigenvalue weighted by molar-refractivity contribution is 5.52. The predicted octanol–water partition coefficient (Wildman–Crippen LogP) is 2.49. The molecule has 2 rings (SSSR count). The van der Waals surface area contributed by atoms with Crippen LogP contribution in [-0.4, -0.2) is 22.9 Å². The quantitative estimate of drug-likeness (QED) is 0.879. The zero-order valence-corrected chi connectivity index (χ0v) is 9.71. The molecule has 1 aliphatic carbocycles. The van der Waals surface area contributed by atoms with Gasteiger partial charge >= 0.3 is 6.18 Å². The number of phenolic OH excluding ortho intramolecular Hbond substituents is 1. The van der Waals surface area contributed by atoms with E-state index < -0.39 is 28.8 Å². The number of halogens is 3. The van der Waals surface area contributed by atoms with Crippen LogP contribution in [0.5, 0.6) is 11.5 Å². The van der Waals surface area contributed by atoms with Gasteiger partial charge < -0.3 is 14.9 Å². The van der Waals surface area contributed by atoms with Crippen LogP contribution >= 0.6 is 0 Å². The molecule has 6 heteroatoms. The van der Waals surface area contributed by atoms with Gasteiger partial charge in [0, 0.05) is 12.0 Å². The van der Waals surface area contributed by atoms with E-state index in [0.717, 1.165) is 13.2 Å². The van der Waals surface area contributed by atoms with Crippen molar-refractivity contribution in [3.63, 3.8) is 0 Å². The van der Waals surface area contributed by atoms with Crippen LogP contribution in [0, 0.1) is 0 Å². The number of ether oxygens (including phenoxy) is 1. The molecule has 0 saturated heterocycles. The van der Waals surface area contributed by atoms with Crippen LogP contribution in [0.15, 0.2) is 12.1 Å². The average molecular weight is 262 g/mol. The van der Waals surface area contributed by atoms with Crippen molar-refractivity contribution in [3.8, 4) is 11.5 Å². The molecule has 3 nitrogen and oxygen atoms in total. The number of hydrogen-bond acceptors (Lipinski definition) is 3. The molecule has 0 aliphatic heterocycles. The van der Waals surface area contributed by atoms with E-state index in [1.54, 1.807) is 0 Å². The molecule has 0 bridgehead atoms. The van der Waals surface area contributed by atoms with Crippen LogP contribution in [-0.2, 0) is 12.6 Å². The molecule has 0 unspecified atom stereocenters. The Morgan fingerprint density at radius 2 is 1.94 bits per heavy atom.